The number of benzene rings is 1. The van der Waals surface area contributed by atoms with Crippen LogP contribution in [-0.2, 0) is 6.42 Å². The van der Waals surface area contributed by atoms with Gasteiger partial charge in [0.1, 0.15) is 28.8 Å². The van der Waals surface area contributed by atoms with Gasteiger partial charge in [-0.05, 0) is 43.5 Å². The van der Waals surface area contributed by atoms with Crippen LogP contribution in [0.1, 0.15) is 58.8 Å². The van der Waals surface area contributed by atoms with Gasteiger partial charge in [0.05, 0.1) is 32.3 Å². The van der Waals surface area contributed by atoms with Crippen LogP contribution in [0.2, 0.25) is 0 Å². The van der Waals surface area contributed by atoms with Crippen LogP contribution >= 0.6 is 0 Å². The largest absolute Gasteiger partial charge is 0.495 e. The van der Waals surface area contributed by atoms with E-state index in [2.05, 4.69) is 39.0 Å². The third-order valence-corrected chi connectivity index (χ3v) is 4.94. The monoisotopic (exact) mass is 524 g/mol. The molecule has 9 heteroatoms. The molecular formula is C29H41FN6O2. The maximum atomic E-state index is 12.3. The maximum absolute atomic E-state index is 12.3. The van der Waals surface area contributed by atoms with Gasteiger partial charge in [-0.25, -0.2) is 19.3 Å². The number of nitrogens with zero attached hydrogens (tertiary/aromatic N) is 6. The smallest absolute Gasteiger partial charge is 0.191 e. The molecule has 0 aliphatic rings. The van der Waals surface area contributed by atoms with Gasteiger partial charge in [0, 0.05) is 12.6 Å². The Hall–Kier alpha value is -3.88. The Kier molecular flexibility index (Phi) is 14.2. The summed E-state index contributed by atoms with van der Waals surface area (Å²) in [5.74, 6) is 3.62. The molecule has 0 amide bonds. The van der Waals surface area contributed by atoms with E-state index in [1.165, 1.54) is 12.4 Å². The van der Waals surface area contributed by atoms with E-state index >= 15 is 0 Å². The average molecular weight is 525 g/mol. The Morgan fingerprint density at radius 2 is 1.45 bits per heavy atom. The molecule has 0 saturated carbocycles. The third kappa shape index (κ3) is 8.61. The van der Waals surface area contributed by atoms with Crippen molar-refractivity contribution in [2.75, 3.05) is 14.2 Å². The van der Waals surface area contributed by atoms with Crippen LogP contribution in [0.4, 0.5) is 4.39 Å². The Labute approximate surface area is 226 Å². The van der Waals surface area contributed by atoms with Gasteiger partial charge in [-0.1, -0.05) is 53.7 Å². The molecule has 0 radical (unpaired) electrons. The summed E-state index contributed by atoms with van der Waals surface area (Å²) in [4.78, 5) is 12.1. The summed E-state index contributed by atoms with van der Waals surface area (Å²) in [6, 6.07) is 9.58. The van der Waals surface area contributed by atoms with E-state index in [9.17, 15) is 4.39 Å². The zero-order valence-electron chi connectivity index (χ0n) is 24.3. The van der Waals surface area contributed by atoms with E-state index in [0.29, 0.717) is 29.0 Å². The first-order valence-electron chi connectivity index (χ1n) is 12.9. The Morgan fingerprint density at radius 3 is 2.03 bits per heavy atom. The highest BCUT2D eigenvalue weighted by atomic mass is 19.1. The molecule has 38 heavy (non-hydrogen) atoms. The van der Waals surface area contributed by atoms with Crippen LogP contribution in [0.5, 0.6) is 11.5 Å². The van der Waals surface area contributed by atoms with Crippen molar-refractivity contribution in [3.63, 3.8) is 0 Å². The standard InChI is InChI=1S/C17H18N4O2.C8H11FN2.2C2H6/c1-11-7-5-8-14(23-4)16(11)21-12(2)19-20-17(21)15-13(22-3)9-6-10-18-15;1-6(2)3-8-10-4-7(9)5-11-8;2*1-2/h5-10H,1-4H3;4-6H,3H2,1-2H3;2*1-2H3. The first-order chi connectivity index (χ1) is 18.3. The molecule has 0 aliphatic carbocycles. The van der Waals surface area contributed by atoms with E-state index in [0.717, 1.165) is 29.2 Å². The van der Waals surface area contributed by atoms with Crippen LogP contribution < -0.4 is 9.47 Å². The Bertz CT molecular complexity index is 1230. The number of aryl methyl sites for hydroxylation is 2. The molecule has 0 N–H and O–H groups in total. The summed E-state index contributed by atoms with van der Waals surface area (Å²) in [6.07, 6.45) is 4.91. The van der Waals surface area contributed by atoms with Crippen LogP contribution in [0.3, 0.4) is 0 Å². The van der Waals surface area contributed by atoms with Crippen molar-refractivity contribution >= 4 is 0 Å². The fourth-order valence-corrected chi connectivity index (χ4v) is 3.40. The topological polar surface area (TPSA) is 87.8 Å². The molecule has 0 fully saturated rings. The van der Waals surface area contributed by atoms with Gasteiger partial charge in [-0.2, -0.15) is 0 Å². The summed E-state index contributed by atoms with van der Waals surface area (Å²) in [6.45, 7) is 16.1. The second-order valence-corrected chi connectivity index (χ2v) is 8.00. The fraction of sp³-hybridized carbons (Fsp3) is 0.414. The van der Waals surface area contributed by atoms with E-state index in [1.54, 1.807) is 20.4 Å². The van der Waals surface area contributed by atoms with Gasteiger partial charge < -0.3 is 9.47 Å². The molecular weight excluding hydrogens is 483 g/mol. The van der Waals surface area contributed by atoms with Gasteiger partial charge in [-0.15, -0.1) is 10.2 Å². The van der Waals surface area contributed by atoms with Gasteiger partial charge >= 0.3 is 0 Å². The molecule has 0 spiro atoms. The molecule has 0 bridgehead atoms. The lowest BCUT2D eigenvalue weighted by Gasteiger charge is -2.16. The number of hydrogen-bond donors (Lipinski definition) is 0. The lowest BCUT2D eigenvalue weighted by atomic mass is 10.1. The Balaban J connectivity index is 0.000000405. The quantitative estimate of drug-likeness (QED) is 0.273. The minimum absolute atomic E-state index is 0.377. The third-order valence-electron chi connectivity index (χ3n) is 4.94. The zero-order valence-corrected chi connectivity index (χ0v) is 24.3. The number of pyridine rings is 1. The summed E-state index contributed by atoms with van der Waals surface area (Å²) < 4.78 is 25.2. The molecule has 0 unspecified atom stereocenters. The van der Waals surface area contributed by atoms with Crippen molar-refractivity contribution in [1.82, 2.24) is 29.7 Å². The number of rotatable bonds is 6. The highest BCUT2D eigenvalue weighted by Crippen LogP contribution is 2.33. The number of para-hydroxylation sites is 1. The summed E-state index contributed by atoms with van der Waals surface area (Å²) >= 11 is 0. The van der Waals surface area contributed by atoms with Crippen molar-refractivity contribution in [3.8, 4) is 28.7 Å². The molecule has 0 saturated heterocycles. The van der Waals surface area contributed by atoms with Crippen LogP contribution in [-0.4, -0.2) is 43.9 Å². The van der Waals surface area contributed by atoms with Gasteiger partial charge in [0.2, 0.25) is 0 Å². The van der Waals surface area contributed by atoms with Gasteiger partial charge in [-0.3, -0.25) is 4.57 Å². The lowest BCUT2D eigenvalue weighted by molar-refractivity contribution is 0.411. The summed E-state index contributed by atoms with van der Waals surface area (Å²) in [5.41, 5.74) is 2.60. The SMILES string of the molecule is CC.CC.CC(C)Cc1ncc(F)cn1.COc1cccnc1-c1nnc(C)n1-c1c(C)cccc1OC. The average Bonchev–Trinajstić information content (AvgIpc) is 3.32. The molecule has 3 heterocycles. The van der Waals surface area contributed by atoms with Crippen LogP contribution in [0.15, 0.2) is 48.9 Å². The summed E-state index contributed by atoms with van der Waals surface area (Å²) in [5, 5.41) is 8.53. The van der Waals surface area contributed by atoms with Crippen molar-refractivity contribution in [2.24, 2.45) is 5.92 Å². The number of methoxy groups -OCH3 is 2. The number of aromatic nitrogens is 6. The molecule has 8 nitrogen and oxygen atoms in total. The first kappa shape index (κ1) is 32.1. The van der Waals surface area contributed by atoms with E-state index < -0.39 is 0 Å². The molecule has 206 valence electrons. The maximum Gasteiger partial charge on any atom is 0.191 e. The van der Waals surface area contributed by atoms with Gasteiger partial charge in [0.15, 0.2) is 11.6 Å². The second-order valence-electron chi connectivity index (χ2n) is 8.00. The summed E-state index contributed by atoms with van der Waals surface area (Å²) in [7, 11) is 3.27. The molecule has 4 rings (SSSR count). The number of hydrogen-bond acceptors (Lipinski definition) is 7. The predicted molar refractivity (Wildman–Crippen MR) is 150 cm³/mol. The molecule has 3 aromatic heterocycles. The van der Waals surface area contributed by atoms with Gasteiger partial charge in [0.25, 0.3) is 0 Å². The fourth-order valence-electron chi connectivity index (χ4n) is 3.40. The molecule has 0 aliphatic heterocycles. The number of ether oxygens (including phenoxy) is 2. The minimum atomic E-state index is -0.377. The zero-order chi connectivity index (χ0) is 28.7. The molecule has 1 aromatic carbocycles. The van der Waals surface area contributed by atoms with Crippen LogP contribution in [0, 0.1) is 25.6 Å². The van der Waals surface area contributed by atoms with Crippen molar-refractivity contribution in [2.45, 2.75) is 61.8 Å². The van der Waals surface area contributed by atoms with Crippen molar-refractivity contribution in [3.05, 3.63) is 72.0 Å². The van der Waals surface area contributed by atoms with E-state index in [-0.39, 0.29) is 5.82 Å². The normalized spacial score (nSPS) is 9.79. The second kappa shape index (κ2) is 16.8. The van der Waals surface area contributed by atoms with E-state index in [4.69, 9.17) is 9.47 Å². The Morgan fingerprint density at radius 1 is 0.842 bits per heavy atom. The minimum Gasteiger partial charge on any atom is -0.495 e. The highest BCUT2D eigenvalue weighted by molar-refractivity contribution is 5.65. The van der Waals surface area contributed by atoms with Crippen molar-refractivity contribution < 1.29 is 13.9 Å². The highest BCUT2D eigenvalue weighted by Gasteiger charge is 2.21. The van der Waals surface area contributed by atoms with E-state index in [1.807, 2.05) is 76.4 Å². The number of halogens is 1. The molecule has 4 aromatic rings. The first-order valence-corrected chi connectivity index (χ1v) is 12.9. The van der Waals surface area contributed by atoms with Crippen LogP contribution in [0.25, 0.3) is 17.2 Å². The van der Waals surface area contributed by atoms with Crippen molar-refractivity contribution in [1.29, 1.82) is 0 Å². The molecule has 0 atom stereocenters. The predicted octanol–water partition coefficient (Wildman–Crippen LogP) is 6.83. The lowest BCUT2D eigenvalue weighted by Crippen LogP contribution is -2.06.